The highest BCUT2D eigenvalue weighted by Gasteiger charge is 2.34. The number of rotatable bonds is 3. The monoisotopic (exact) mass is 288 g/mol. The van der Waals surface area contributed by atoms with Gasteiger partial charge in [-0.1, -0.05) is 0 Å². The third kappa shape index (κ3) is 2.19. The largest absolute Gasteiger partial charge is 0.508 e. The van der Waals surface area contributed by atoms with Crippen LogP contribution in [0.5, 0.6) is 11.5 Å². The number of nitrogens with zero attached hydrogens (tertiary/aromatic N) is 1. The van der Waals surface area contributed by atoms with Crippen LogP contribution in [0.1, 0.15) is 17.2 Å². The van der Waals surface area contributed by atoms with E-state index in [9.17, 15) is 9.50 Å². The van der Waals surface area contributed by atoms with Crippen LogP contribution < -0.4 is 15.4 Å². The Labute approximate surface area is 122 Å². The van der Waals surface area contributed by atoms with Crippen LogP contribution in [-0.2, 0) is 6.54 Å². The van der Waals surface area contributed by atoms with Gasteiger partial charge >= 0.3 is 0 Å². The first-order valence-corrected chi connectivity index (χ1v) is 6.76. The highest BCUT2D eigenvalue weighted by atomic mass is 19.1. The summed E-state index contributed by atoms with van der Waals surface area (Å²) in [7, 11) is 1.58. The second-order valence-electron chi connectivity index (χ2n) is 5.04. The van der Waals surface area contributed by atoms with Crippen molar-refractivity contribution in [2.24, 2.45) is 5.73 Å². The molecule has 110 valence electrons. The molecule has 5 heteroatoms. The number of anilines is 1. The van der Waals surface area contributed by atoms with Gasteiger partial charge in [0.2, 0.25) is 0 Å². The van der Waals surface area contributed by atoms with Gasteiger partial charge in [0, 0.05) is 29.9 Å². The van der Waals surface area contributed by atoms with Crippen LogP contribution in [-0.4, -0.2) is 18.8 Å². The summed E-state index contributed by atoms with van der Waals surface area (Å²) in [6.07, 6.45) is 0. The molecule has 0 radical (unpaired) electrons. The normalized spacial score (nSPS) is 16.9. The summed E-state index contributed by atoms with van der Waals surface area (Å²) in [6.45, 7) is 0.834. The van der Waals surface area contributed by atoms with E-state index in [0.717, 1.165) is 11.3 Å². The lowest BCUT2D eigenvalue weighted by Gasteiger charge is -2.26. The first-order chi connectivity index (χ1) is 10.2. The second kappa shape index (κ2) is 5.26. The van der Waals surface area contributed by atoms with Crippen LogP contribution in [0.15, 0.2) is 36.4 Å². The number of hydrogen-bond donors (Lipinski definition) is 2. The molecule has 21 heavy (non-hydrogen) atoms. The average molecular weight is 288 g/mol. The van der Waals surface area contributed by atoms with Crippen LogP contribution >= 0.6 is 0 Å². The molecular weight excluding hydrogens is 271 g/mol. The van der Waals surface area contributed by atoms with Crippen molar-refractivity contribution in [1.29, 1.82) is 0 Å². The lowest BCUT2D eigenvalue weighted by Crippen LogP contribution is -2.28. The van der Waals surface area contributed by atoms with Crippen molar-refractivity contribution >= 4 is 5.69 Å². The van der Waals surface area contributed by atoms with E-state index in [2.05, 4.69) is 0 Å². The highest BCUT2D eigenvalue weighted by molar-refractivity contribution is 5.59. The molecule has 0 saturated carbocycles. The number of nitrogens with two attached hydrogens (primary N) is 1. The van der Waals surface area contributed by atoms with Gasteiger partial charge in [0.05, 0.1) is 13.2 Å². The van der Waals surface area contributed by atoms with Crippen LogP contribution in [0.4, 0.5) is 10.1 Å². The van der Waals surface area contributed by atoms with Crippen LogP contribution in [0, 0.1) is 5.82 Å². The van der Waals surface area contributed by atoms with E-state index >= 15 is 0 Å². The zero-order valence-corrected chi connectivity index (χ0v) is 11.7. The number of ether oxygens (including phenoxy) is 1. The Morgan fingerprint density at radius 1 is 1.29 bits per heavy atom. The molecule has 4 nitrogen and oxygen atoms in total. The molecule has 3 rings (SSSR count). The van der Waals surface area contributed by atoms with Gasteiger partial charge in [0.1, 0.15) is 17.3 Å². The number of methoxy groups -OCH3 is 1. The highest BCUT2D eigenvalue weighted by Crippen LogP contribution is 2.42. The quantitative estimate of drug-likeness (QED) is 0.911. The number of phenolic OH excluding ortho intramolecular Hbond substituents is 1. The Kier molecular flexibility index (Phi) is 3.43. The van der Waals surface area contributed by atoms with Gasteiger partial charge in [0.15, 0.2) is 0 Å². The van der Waals surface area contributed by atoms with E-state index < -0.39 is 0 Å². The second-order valence-corrected chi connectivity index (χ2v) is 5.04. The summed E-state index contributed by atoms with van der Waals surface area (Å²) in [6, 6.07) is 9.64. The Hall–Kier alpha value is -2.27. The maximum atomic E-state index is 14.2. The molecule has 3 N–H and O–H groups in total. The molecule has 0 amide bonds. The van der Waals surface area contributed by atoms with E-state index in [1.807, 2.05) is 4.90 Å². The lowest BCUT2D eigenvalue weighted by atomic mass is 10.0. The van der Waals surface area contributed by atoms with Crippen molar-refractivity contribution in [1.82, 2.24) is 0 Å². The van der Waals surface area contributed by atoms with Crippen LogP contribution in [0.2, 0.25) is 0 Å². The van der Waals surface area contributed by atoms with Gasteiger partial charge in [-0.25, -0.2) is 4.39 Å². The topological polar surface area (TPSA) is 58.7 Å². The molecule has 2 aromatic carbocycles. The van der Waals surface area contributed by atoms with Crippen LogP contribution in [0.3, 0.4) is 0 Å². The molecule has 1 aliphatic rings. The maximum absolute atomic E-state index is 14.2. The lowest BCUT2D eigenvalue weighted by molar-refractivity contribution is 0.409. The zero-order chi connectivity index (χ0) is 15.0. The number of phenols is 1. The van der Waals surface area contributed by atoms with E-state index in [-0.39, 0.29) is 17.6 Å². The summed E-state index contributed by atoms with van der Waals surface area (Å²) in [5.74, 6) is 0.608. The Bertz CT molecular complexity index is 658. The predicted molar refractivity (Wildman–Crippen MR) is 79.0 cm³/mol. The van der Waals surface area contributed by atoms with Gasteiger partial charge in [-0.15, -0.1) is 0 Å². The predicted octanol–water partition coefficient (Wildman–Crippen LogP) is 2.56. The molecular formula is C16H17FN2O2. The van der Waals surface area contributed by atoms with Crippen molar-refractivity contribution < 1.29 is 14.2 Å². The Balaban J connectivity index is 2.07. The van der Waals surface area contributed by atoms with Gasteiger partial charge < -0.3 is 20.5 Å². The maximum Gasteiger partial charge on any atom is 0.129 e. The third-order valence-electron chi connectivity index (χ3n) is 3.92. The van der Waals surface area contributed by atoms with Gasteiger partial charge in [-0.3, -0.25) is 0 Å². The molecule has 2 aromatic rings. The number of halogens is 1. The minimum absolute atomic E-state index is 0.198. The first kappa shape index (κ1) is 13.7. The van der Waals surface area contributed by atoms with Gasteiger partial charge in [-0.2, -0.15) is 0 Å². The van der Waals surface area contributed by atoms with Gasteiger partial charge in [0.25, 0.3) is 0 Å². The van der Waals surface area contributed by atoms with E-state index in [0.29, 0.717) is 24.4 Å². The summed E-state index contributed by atoms with van der Waals surface area (Å²) in [5.41, 5.74) is 8.19. The van der Waals surface area contributed by atoms with Crippen molar-refractivity contribution in [3.05, 3.63) is 53.3 Å². The van der Waals surface area contributed by atoms with Crippen molar-refractivity contribution in [3.8, 4) is 11.5 Å². The fraction of sp³-hybridized carbons (Fsp3) is 0.250. The SMILES string of the molecule is COc1ccc(F)c2c1CN(c1ccc(O)cc1)C2CN. The number of benzene rings is 2. The number of aromatic hydroxyl groups is 1. The van der Waals surface area contributed by atoms with E-state index in [1.165, 1.54) is 6.07 Å². The fourth-order valence-electron chi connectivity index (χ4n) is 2.93. The molecule has 1 heterocycles. The zero-order valence-electron chi connectivity index (χ0n) is 11.7. The smallest absolute Gasteiger partial charge is 0.129 e. The molecule has 1 unspecified atom stereocenters. The minimum Gasteiger partial charge on any atom is -0.508 e. The molecule has 1 aliphatic heterocycles. The molecule has 0 spiro atoms. The molecule has 0 bridgehead atoms. The summed E-state index contributed by atoms with van der Waals surface area (Å²) in [5, 5.41) is 9.40. The van der Waals surface area contributed by atoms with E-state index in [4.69, 9.17) is 10.5 Å². The van der Waals surface area contributed by atoms with Crippen molar-refractivity contribution in [2.75, 3.05) is 18.6 Å². The van der Waals surface area contributed by atoms with Crippen molar-refractivity contribution in [2.45, 2.75) is 12.6 Å². The summed E-state index contributed by atoms with van der Waals surface area (Å²) in [4.78, 5) is 2.02. The third-order valence-corrected chi connectivity index (χ3v) is 3.92. The van der Waals surface area contributed by atoms with Crippen LogP contribution in [0.25, 0.3) is 0 Å². The number of hydrogen-bond acceptors (Lipinski definition) is 4. The Morgan fingerprint density at radius 3 is 2.62 bits per heavy atom. The molecule has 1 atom stereocenters. The molecule has 0 aliphatic carbocycles. The molecule has 0 saturated heterocycles. The average Bonchev–Trinajstić information content (AvgIpc) is 2.89. The first-order valence-electron chi connectivity index (χ1n) is 6.76. The fourth-order valence-corrected chi connectivity index (χ4v) is 2.93. The number of fused-ring (bicyclic) bond motifs is 1. The van der Waals surface area contributed by atoms with Gasteiger partial charge in [-0.05, 0) is 36.4 Å². The minimum atomic E-state index is -0.262. The molecule has 0 fully saturated rings. The summed E-state index contributed by atoms with van der Waals surface area (Å²) < 4.78 is 19.6. The van der Waals surface area contributed by atoms with Crippen molar-refractivity contribution in [3.63, 3.8) is 0 Å². The Morgan fingerprint density at radius 2 is 2.00 bits per heavy atom. The molecule has 0 aromatic heterocycles. The standard InChI is InChI=1S/C16H17FN2O2/c1-21-15-7-6-13(17)16-12(15)9-19(14(16)8-18)10-2-4-11(20)5-3-10/h2-7,14,20H,8-9,18H2,1H3. The summed E-state index contributed by atoms with van der Waals surface area (Å²) >= 11 is 0. The van der Waals surface area contributed by atoms with E-state index in [1.54, 1.807) is 37.4 Å².